The van der Waals surface area contributed by atoms with E-state index < -0.39 is 0 Å². The van der Waals surface area contributed by atoms with Crippen LogP contribution in [0.2, 0.25) is 0 Å². The van der Waals surface area contributed by atoms with Crippen LogP contribution in [-0.4, -0.2) is 11.3 Å². The molecule has 24 heavy (non-hydrogen) atoms. The maximum atomic E-state index is 5.84. The molecule has 0 saturated carbocycles. The van der Waals surface area contributed by atoms with Crippen molar-refractivity contribution >= 4 is 0 Å². The molecule has 0 aliphatic carbocycles. The highest BCUT2D eigenvalue weighted by Gasteiger charge is 2.67. The molecule has 0 aromatic heterocycles. The van der Waals surface area contributed by atoms with E-state index in [-0.39, 0.29) is 23.7 Å². The van der Waals surface area contributed by atoms with E-state index in [9.17, 15) is 0 Å². The van der Waals surface area contributed by atoms with Crippen LogP contribution in [0, 0.1) is 0 Å². The van der Waals surface area contributed by atoms with Crippen molar-refractivity contribution in [2.45, 2.75) is 135 Å². The minimum atomic E-state index is -0.0659. The second kappa shape index (κ2) is 13.4. The maximum Gasteiger partial charge on any atom is 0.228 e. The molecule has 146 valence electrons. The van der Waals surface area contributed by atoms with Crippen molar-refractivity contribution in [2.75, 3.05) is 0 Å². The molecular formula is C21H44ClNO. The lowest BCUT2D eigenvalue weighted by molar-refractivity contribution is -0.472. The number of quaternary nitrogens is 1. The number of hydrogen-bond acceptors (Lipinski definition) is 1. The second-order valence-electron chi connectivity index (χ2n) is 8.03. The summed E-state index contributed by atoms with van der Waals surface area (Å²) in [5.74, 6) is 0. The van der Waals surface area contributed by atoms with E-state index in [0.29, 0.717) is 0 Å². The fourth-order valence-electron chi connectivity index (χ4n) is 3.79. The molecule has 1 rings (SSSR count). The third kappa shape index (κ3) is 9.06. The second-order valence-corrected chi connectivity index (χ2v) is 8.03. The third-order valence-electron chi connectivity index (χ3n) is 5.92. The van der Waals surface area contributed by atoms with E-state index in [1.165, 1.54) is 96.3 Å². The van der Waals surface area contributed by atoms with Gasteiger partial charge in [0.2, 0.25) is 5.72 Å². The molecule has 2 atom stereocenters. The van der Waals surface area contributed by atoms with E-state index in [0.717, 1.165) is 6.42 Å². The molecule has 3 N–H and O–H groups in total. The minimum absolute atomic E-state index is 0. The molecular weight excluding hydrogens is 318 g/mol. The molecule has 0 bridgehead atoms. The Balaban J connectivity index is 0.00000529. The first kappa shape index (κ1) is 24.2. The summed E-state index contributed by atoms with van der Waals surface area (Å²) in [5.41, 5.74) is 4.23. The van der Waals surface area contributed by atoms with E-state index >= 15 is 0 Å². The van der Waals surface area contributed by atoms with Crippen LogP contribution in [0.25, 0.3) is 0 Å². The number of hydrogen-bond donors (Lipinski definition) is 1. The summed E-state index contributed by atoms with van der Waals surface area (Å²) >= 11 is 0. The van der Waals surface area contributed by atoms with Crippen molar-refractivity contribution < 1.29 is 22.9 Å². The van der Waals surface area contributed by atoms with Crippen LogP contribution < -0.4 is 18.1 Å². The predicted octanol–water partition coefficient (Wildman–Crippen LogP) is 3.00. The number of epoxide rings is 1. The van der Waals surface area contributed by atoms with Gasteiger partial charge in [-0.15, -0.1) is 0 Å². The Hall–Kier alpha value is 0.210. The van der Waals surface area contributed by atoms with Crippen LogP contribution in [0.1, 0.15) is 124 Å². The number of ether oxygens (including phenoxy) is 1. The molecule has 3 heteroatoms. The zero-order chi connectivity index (χ0) is 17.0. The lowest BCUT2D eigenvalue weighted by Crippen LogP contribution is -3.00. The average Bonchev–Trinajstić information content (AvgIpc) is 3.10. The zero-order valence-electron chi connectivity index (χ0n) is 16.8. The molecule has 0 amide bonds. The highest BCUT2D eigenvalue weighted by atomic mass is 35.5. The summed E-state index contributed by atoms with van der Waals surface area (Å²) in [6.07, 6.45) is 22.2. The van der Waals surface area contributed by atoms with Gasteiger partial charge in [0.05, 0.1) is 0 Å². The summed E-state index contributed by atoms with van der Waals surface area (Å²) in [5, 5.41) is 0. The van der Waals surface area contributed by atoms with Crippen LogP contribution >= 0.6 is 0 Å². The predicted molar refractivity (Wildman–Crippen MR) is 100 cm³/mol. The van der Waals surface area contributed by atoms with Crippen LogP contribution in [0.5, 0.6) is 0 Å². The van der Waals surface area contributed by atoms with Gasteiger partial charge in [0.15, 0.2) is 5.60 Å². The first-order valence-corrected chi connectivity index (χ1v) is 10.6. The van der Waals surface area contributed by atoms with Crippen molar-refractivity contribution in [3.05, 3.63) is 0 Å². The summed E-state index contributed by atoms with van der Waals surface area (Å²) in [6.45, 7) is 6.72. The van der Waals surface area contributed by atoms with E-state index in [2.05, 4.69) is 26.5 Å². The molecule has 1 fully saturated rings. The molecule has 0 spiro atoms. The Morgan fingerprint density at radius 2 is 1.04 bits per heavy atom. The molecule has 1 saturated heterocycles. The number of unbranched alkanes of at least 4 members (excludes halogenated alkanes) is 13. The van der Waals surface area contributed by atoms with Crippen LogP contribution in [0.4, 0.5) is 0 Å². The first-order valence-electron chi connectivity index (χ1n) is 10.6. The standard InChI is InChI=1S/C21H43NO.ClH/c1-4-6-7-8-9-10-11-12-13-14-15-16-17-18-19-20(3)21(22,5-2)23-20;/h4-19,22H2,1-3H3;1H. The van der Waals surface area contributed by atoms with Crippen molar-refractivity contribution in [1.29, 1.82) is 0 Å². The molecule has 2 nitrogen and oxygen atoms in total. The Morgan fingerprint density at radius 1 is 0.667 bits per heavy atom. The summed E-state index contributed by atoms with van der Waals surface area (Å²) in [4.78, 5) is 0. The smallest absolute Gasteiger partial charge is 0.228 e. The highest BCUT2D eigenvalue weighted by molar-refractivity contribution is 5.03. The highest BCUT2D eigenvalue weighted by Crippen LogP contribution is 2.47. The third-order valence-corrected chi connectivity index (χ3v) is 5.92. The maximum absolute atomic E-state index is 5.84. The topological polar surface area (TPSA) is 40.2 Å². The molecule has 0 aromatic carbocycles. The lowest BCUT2D eigenvalue weighted by Gasteiger charge is -2.07. The van der Waals surface area contributed by atoms with Gasteiger partial charge in [-0.25, -0.2) is 0 Å². The van der Waals surface area contributed by atoms with Gasteiger partial charge in [0.25, 0.3) is 0 Å². The Kier molecular flexibility index (Phi) is 13.5. The zero-order valence-corrected chi connectivity index (χ0v) is 17.6. The summed E-state index contributed by atoms with van der Waals surface area (Å²) in [6, 6.07) is 0. The van der Waals surface area contributed by atoms with Crippen LogP contribution in [0.15, 0.2) is 0 Å². The largest absolute Gasteiger partial charge is 1.00 e. The minimum Gasteiger partial charge on any atom is -1.00 e. The van der Waals surface area contributed by atoms with Gasteiger partial charge < -0.3 is 22.9 Å². The Morgan fingerprint density at radius 3 is 1.38 bits per heavy atom. The van der Waals surface area contributed by atoms with Crippen LogP contribution in [-0.2, 0) is 4.74 Å². The van der Waals surface area contributed by atoms with Crippen molar-refractivity contribution in [1.82, 2.24) is 0 Å². The average molecular weight is 362 g/mol. The summed E-state index contributed by atoms with van der Waals surface area (Å²) < 4.78 is 5.84. The van der Waals surface area contributed by atoms with Gasteiger partial charge in [0, 0.05) is 6.42 Å². The van der Waals surface area contributed by atoms with Crippen LogP contribution in [0.3, 0.4) is 0 Å². The van der Waals surface area contributed by atoms with Gasteiger partial charge in [-0.05, 0) is 13.3 Å². The van der Waals surface area contributed by atoms with Crippen molar-refractivity contribution in [3.63, 3.8) is 0 Å². The van der Waals surface area contributed by atoms with Gasteiger partial charge >= 0.3 is 0 Å². The number of rotatable bonds is 16. The lowest BCUT2D eigenvalue weighted by atomic mass is 9.94. The quantitative estimate of drug-likeness (QED) is 0.333. The van der Waals surface area contributed by atoms with Gasteiger partial charge in [-0.2, -0.15) is 0 Å². The van der Waals surface area contributed by atoms with Gasteiger partial charge in [0.1, 0.15) is 0 Å². The van der Waals surface area contributed by atoms with E-state index in [1.54, 1.807) is 0 Å². The molecule has 2 unspecified atom stereocenters. The van der Waals surface area contributed by atoms with E-state index in [1.807, 2.05) is 0 Å². The first-order chi connectivity index (χ1) is 11.1. The molecule has 1 aliphatic heterocycles. The van der Waals surface area contributed by atoms with Gasteiger partial charge in [-0.3, -0.25) is 0 Å². The van der Waals surface area contributed by atoms with Crippen molar-refractivity contribution in [3.8, 4) is 0 Å². The number of halogens is 1. The van der Waals surface area contributed by atoms with Crippen molar-refractivity contribution in [2.24, 2.45) is 0 Å². The normalized spacial score (nSPS) is 25.5. The fraction of sp³-hybridized carbons (Fsp3) is 1.00. The molecule has 1 heterocycles. The van der Waals surface area contributed by atoms with E-state index in [4.69, 9.17) is 4.74 Å². The Bertz CT molecular complexity index is 300. The molecule has 0 radical (unpaired) electrons. The SMILES string of the molecule is CCCCCCCCCCCCCCCCC1(C)OC1([NH3+])CC.[Cl-]. The van der Waals surface area contributed by atoms with Gasteiger partial charge in [-0.1, -0.05) is 104 Å². The fourth-order valence-corrected chi connectivity index (χ4v) is 3.79. The molecule has 1 aliphatic rings. The summed E-state index contributed by atoms with van der Waals surface area (Å²) in [7, 11) is 0. The monoisotopic (exact) mass is 361 g/mol. The Labute approximate surface area is 158 Å². The molecule has 0 aromatic rings.